The van der Waals surface area contributed by atoms with Crippen LogP contribution in [0.25, 0.3) is 0 Å². The Balaban J connectivity index is 3.68. The number of carbonyl (C=O) groups excluding carboxylic acids is 5. The third kappa shape index (κ3) is 36.7. The van der Waals surface area contributed by atoms with E-state index in [1.54, 1.807) is 0 Å². The van der Waals surface area contributed by atoms with Crippen molar-refractivity contribution in [2.24, 2.45) is 0 Å². The minimum atomic E-state index is -1.60. The Morgan fingerprint density at radius 3 is 1.53 bits per heavy atom. The van der Waals surface area contributed by atoms with E-state index in [1.165, 1.54) is 49.7 Å². The zero-order valence-electron chi connectivity index (χ0n) is 34.5. The minimum Gasteiger partial charge on any atom is -0.480 e. The predicted molar refractivity (Wildman–Crippen MR) is 213 cm³/mol. The second-order valence-corrected chi connectivity index (χ2v) is 14.0. The van der Waals surface area contributed by atoms with Gasteiger partial charge in [-0.3, -0.25) is 24.0 Å². The molecule has 0 aliphatic carbocycles. The fraction of sp³-hybridized carbons (Fsp3) is 0.795. The number of nitrogens with one attached hydrogen (secondary N) is 6. The molecule has 2 atom stereocenters. The molecule has 19 heteroatoms. The van der Waals surface area contributed by atoms with Crippen LogP contribution in [0.5, 0.6) is 0 Å². The molecule has 0 saturated carbocycles. The van der Waals surface area contributed by atoms with Gasteiger partial charge in [0.15, 0.2) is 0 Å². The molecule has 0 bridgehead atoms. The fourth-order valence-electron chi connectivity index (χ4n) is 5.43. The molecule has 58 heavy (non-hydrogen) atoms. The molecule has 336 valence electrons. The van der Waals surface area contributed by atoms with Gasteiger partial charge in [0.25, 0.3) is 0 Å². The number of ether oxygens (including phenoxy) is 4. The summed E-state index contributed by atoms with van der Waals surface area (Å²) in [5.41, 5.74) is 4.87. The summed E-state index contributed by atoms with van der Waals surface area (Å²) in [5.74, 6) is -2.54. The van der Waals surface area contributed by atoms with E-state index in [0.29, 0.717) is 25.8 Å². The largest absolute Gasteiger partial charge is 0.480 e. The topological polar surface area (TPSA) is 252 Å². The van der Waals surface area contributed by atoms with E-state index in [1.807, 2.05) is 0 Å². The number of hydrogen-bond acceptors (Lipinski definition) is 13. The van der Waals surface area contributed by atoms with E-state index in [4.69, 9.17) is 24.2 Å². The van der Waals surface area contributed by atoms with Gasteiger partial charge in [0.1, 0.15) is 25.3 Å². The van der Waals surface area contributed by atoms with Gasteiger partial charge in [-0.05, 0) is 51.9 Å². The first-order chi connectivity index (χ1) is 28.0. The number of carboxylic acids is 1. The highest BCUT2D eigenvalue weighted by atomic mass is 19.1. The number of rotatable bonds is 42. The molecule has 0 fully saturated rings. The lowest BCUT2D eigenvalue weighted by atomic mass is 10.0. The average molecular weight is 835 g/mol. The highest BCUT2D eigenvalue weighted by molar-refractivity contribution is 5.84. The number of aliphatic carboxylic acids is 1. The molecule has 0 heterocycles. The summed E-state index contributed by atoms with van der Waals surface area (Å²) in [5, 5.41) is 28.4. The molecule has 4 amide bonds. The summed E-state index contributed by atoms with van der Waals surface area (Å²) in [7, 11) is 0. The first kappa shape index (κ1) is 54.4. The molecule has 0 aliphatic rings. The highest BCUT2D eigenvalue weighted by Crippen LogP contribution is 2.13. The molecule has 2 unspecified atom stereocenters. The van der Waals surface area contributed by atoms with Crippen LogP contribution in [0.15, 0.2) is 12.2 Å². The van der Waals surface area contributed by atoms with Crippen molar-refractivity contribution in [1.29, 1.82) is 0 Å². The summed E-state index contributed by atoms with van der Waals surface area (Å²) in [6.07, 6.45) is 13.6. The Morgan fingerprint density at radius 1 is 0.552 bits per heavy atom. The van der Waals surface area contributed by atoms with Gasteiger partial charge >= 0.3 is 12.0 Å². The molecule has 8 N–H and O–H groups in total. The van der Waals surface area contributed by atoms with E-state index in [-0.39, 0.29) is 115 Å². The van der Waals surface area contributed by atoms with Crippen molar-refractivity contribution >= 4 is 35.6 Å². The van der Waals surface area contributed by atoms with Gasteiger partial charge in [-0.15, -0.1) is 12.2 Å². The van der Waals surface area contributed by atoms with Gasteiger partial charge in [-0.2, -0.15) is 4.39 Å². The molecule has 0 saturated heterocycles. The Hall–Kier alpha value is -3.59. The van der Waals surface area contributed by atoms with Crippen LogP contribution in [-0.2, 0) is 47.7 Å². The maximum atomic E-state index is 12.7. The number of carbonyl (C=O) groups is 6. The Morgan fingerprint density at radius 2 is 1.03 bits per heavy atom. The third-order valence-corrected chi connectivity index (χ3v) is 8.65. The summed E-state index contributed by atoms with van der Waals surface area (Å²) >= 11 is 0. The van der Waals surface area contributed by atoms with Gasteiger partial charge in [0.05, 0.1) is 39.6 Å². The van der Waals surface area contributed by atoms with Crippen molar-refractivity contribution in [3.63, 3.8) is 0 Å². The standard InChI is InChI=1S/C39H71FN6O12/c1-31(2)15-11-9-7-5-3-4-6-8-10-12-17-35(48)44-33(39(52)53)18-19-34(47)42-21-23-55-25-28-58-30-37(50)43-22-24-56-26-27-57-29-36(49)41-20-14-13-16-32(38(40)51)45-46-54/h32-33,45-46,54H,1,3-30H2,2H3,(H,41,49)(H,42,47)(H,43,50)(H,44,48)(H,52,53). The van der Waals surface area contributed by atoms with Gasteiger partial charge in [-0.1, -0.05) is 56.9 Å². The van der Waals surface area contributed by atoms with E-state index >= 15 is 0 Å². The Labute approximate surface area is 342 Å². The number of unbranched alkanes of at least 4 members (excludes halogenated alkanes) is 10. The van der Waals surface area contributed by atoms with Gasteiger partial charge in [0, 0.05) is 32.5 Å². The lowest BCUT2D eigenvalue weighted by Crippen LogP contribution is -2.42. The van der Waals surface area contributed by atoms with E-state index < -0.39 is 24.1 Å². The molecule has 0 aromatic carbocycles. The van der Waals surface area contributed by atoms with Crippen LogP contribution in [0, 0.1) is 0 Å². The van der Waals surface area contributed by atoms with Crippen molar-refractivity contribution in [2.45, 2.75) is 128 Å². The van der Waals surface area contributed by atoms with Crippen LogP contribution in [0.1, 0.15) is 116 Å². The summed E-state index contributed by atoms with van der Waals surface area (Å²) in [4.78, 5) is 70.4. The number of allylic oxidation sites excluding steroid dienone is 1. The molecule has 0 aromatic rings. The van der Waals surface area contributed by atoms with Crippen LogP contribution in [0.4, 0.5) is 4.39 Å². The summed E-state index contributed by atoms with van der Waals surface area (Å²) in [6.45, 7) is 7.55. The van der Waals surface area contributed by atoms with Crippen molar-refractivity contribution in [3.05, 3.63) is 12.2 Å². The monoisotopic (exact) mass is 835 g/mol. The van der Waals surface area contributed by atoms with Crippen LogP contribution >= 0.6 is 0 Å². The Kier molecular flexibility index (Phi) is 36.5. The van der Waals surface area contributed by atoms with Crippen molar-refractivity contribution < 1.29 is 62.4 Å². The van der Waals surface area contributed by atoms with E-state index in [9.17, 15) is 38.3 Å². The second kappa shape index (κ2) is 38.9. The first-order valence-electron chi connectivity index (χ1n) is 20.6. The number of hydrazine groups is 1. The second-order valence-electron chi connectivity index (χ2n) is 14.0. The zero-order chi connectivity index (χ0) is 43.1. The zero-order valence-corrected chi connectivity index (χ0v) is 34.5. The molecule has 0 radical (unpaired) electrons. The van der Waals surface area contributed by atoms with Crippen LogP contribution in [-0.4, -0.2) is 131 Å². The fourth-order valence-corrected chi connectivity index (χ4v) is 5.43. The van der Waals surface area contributed by atoms with Crippen molar-refractivity contribution in [3.8, 4) is 0 Å². The minimum absolute atomic E-state index is 0.0242. The van der Waals surface area contributed by atoms with E-state index in [2.05, 4.69) is 40.2 Å². The molecule has 0 aromatic heterocycles. The molecule has 0 rings (SSSR count). The maximum absolute atomic E-state index is 12.7. The van der Waals surface area contributed by atoms with Crippen LogP contribution in [0.2, 0.25) is 0 Å². The van der Waals surface area contributed by atoms with Crippen LogP contribution in [0.3, 0.4) is 0 Å². The molecule has 18 nitrogen and oxygen atoms in total. The lowest BCUT2D eigenvalue weighted by Gasteiger charge is -2.14. The summed E-state index contributed by atoms with van der Waals surface area (Å²) in [6, 6.07) is -3.90. The predicted octanol–water partition coefficient (Wildman–Crippen LogP) is 2.53. The smallest absolute Gasteiger partial charge is 0.326 e. The normalized spacial score (nSPS) is 12.1. The Bertz CT molecular complexity index is 1150. The first-order valence-corrected chi connectivity index (χ1v) is 20.6. The van der Waals surface area contributed by atoms with Gasteiger partial charge in [-0.25, -0.2) is 10.2 Å². The molecule has 0 spiro atoms. The lowest BCUT2D eigenvalue weighted by molar-refractivity contribution is -0.142. The van der Waals surface area contributed by atoms with E-state index in [0.717, 1.165) is 25.7 Å². The third-order valence-electron chi connectivity index (χ3n) is 8.65. The highest BCUT2D eigenvalue weighted by Gasteiger charge is 2.21. The number of hydrogen-bond donors (Lipinski definition) is 8. The van der Waals surface area contributed by atoms with Crippen molar-refractivity contribution in [1.82, 2.24) is 32.3 Å². The van der Waals surface area contributed by atoms with Crippen LogP contribution < -0.4 is 32.3 Å². The quantitative estimate of drug-likeness (QED) is 0.0191. The number of carboxylic acid groups (broad SMARTS) is 1. The van der Waals surface area contributed by atoms with Crippen molar-refractivity contribution in [2.75, 3.05) is 72.5 Å². The SMILES string of the molecule is C=C(C)CCCCCCCCCCCCC(=O)NC(CCC(=O)NCCOCCOCC(=O)NCCOCCOCC(=O)NCCCCC(NNO)C(=O)F)C(=O)O. The summed E-state index contributed by atoms with van der Waals surface area (Å²) < 4.78 is 33.9. The molecule has 0 aliphatic heterocycles. The molecular weight excluding hydrogens is 763 g/mol. The van der Waals surface area contributed by atoms with Gasteiger partial charge < -0.3 is 50.5 Å². The number of amides is 4. The molecular formula is C39H71FN6O12. The number of halogens is 1. The average Bonchev–Trinajstić information content (AvgIpc) is 3.17. The maximum Gasteiger partial charge on any atom is 0.326 e. The van der Waals surface area contributed by atoms with Gasteiger partial charge in [0.2, 0.25) is 23.6 Å².